The number of nitrogens with zero attached hydrogens (tertiary/aromatic N) is 1. The molecule has 1 heterocycles. The van der Waals surface area contributed by atoms with E-state index in [1.165, 1.54) is 4.90 Å². The molecule has 11 heteroatoms. The first-order valence-corrected chi connectivity index (χ1v) is 7.34. The van der Waals surface area contributed by atoms with Crippen LogP contribution in [0.4, 0.5) is 26.3 Å². The molecule has 1 aromatic rings. The van der Waals surface area contributed by atoms with E-state index in [1.807, 2.05) is 0 Å². The Morgan fingerprint density at radius 3 is 2.08 bits per heavy atom. The SMILES string of the molecule is Cl.Cl.FC(F)(F)C[C@@H](c1cc(C(F)(F)F)ccc1Cl)N1CCNCC1. The van der Waals surface area contributed by atoms with Crippen LogP contribution in [0.2, 0.25) is 5.02 Å². The van der Waals surface area contributed by atoms with Crippen molar-refractivity contribution in [3.63, 3.8) is 0 Å². The molecule has 146 valence electrons. The van der Waals surface area contributed by atoms with E-state index in [4.69, 9.17) is 11.6 Å². The maximum absolute atomic E-state index is 12.9. The van der Waals surface area contributed by atoms with Crippen LogP contribution in [0.3, 0.4) is 0 Å². The van der Waals surface area contributed by atoms with Crippen LogP contribution in [0.5, 0.6) is 0 Å². The van der Waals surface area contributed by atoms with Gasteiger partial charge in [0, 0.05) is 37.2 Å². The van der Waals surface area contributed by atoms with Gasteiger partial charge in [0.1, 0.15) is 0 Å². The molecule has 1 fully saturated rings. The van der Waals surface area contributed by atoms with Gasteiger partial charge in [0.2, 0.25) is 0 Å². The molecule has 1 aromatic carbocycles. The van der Waals surface area contributed by atoms with Crippen LogP contribution in [0.1, 0.15) is 23.6 Å². The standard InChI is InChI=1S/C14H15ClF6N2.2ClH/c15-11-2-1-9(14(19,20)21)7-10(11)12(8-13(16,17)18)23-5-3-22-4-6-23;;/h1-2,7,12,22H,3-6,8H2;2*1H/t12-;;/m0../s1. The molecule has 0 radical (unpaired) electrons. The fourth-order valence-electron chi connectivity index (χ4n) is 2.62. The number of nitrogens with one attached hydrogen (secondary N) is 1. The zero-order chi connectivity index (χ0) is 17.3. The minimum Gasteiger partial charge on any atom is -0.314 e. The largest absolute Gasteiger partial charge is 0.416 e. The first-order chi connectivity index (χ1) is 10.6. The van der Waals surface area contributed by atoms with E-state index in [9.17, 15) is 26.3 Å². The highest BCUT2D eigenvalue weighted by molar-refractivity contribution is 6.31. The first-order valence-electron chi connectivity index (χ1n) is 6.96. The maximum atomic E-state index is 12.9. The molecule has 1 aliphatic rings. The summed E-state index contributed by atoms with van der Waals surface area (Å²) in [6.07, 6.45) is -10.4. The molecular weight excluding hydrogens is 417 g/mol. The van der Waals surface area contributed by atoms with E-state index in [0.717, 1.165) is 18.2 Å². The third-order valence-corrected chi connectivity index (χ3v) is 4.04. The Morgan fingerprint density at radius 2 is 1.60 bits per heavy atom. The van der Waals surface area contributed by atoms with Gasteiger partial charge in [-0.15, -0.1) is 24.8 Å². The van der Waals surface area contributed by atoms with E-state index in [-0.39, 0.29) is 35.4 Å². The van der Waals surface area contributed by atoms with Gasteiger partial charge >= 0.3 is 12.4 Å². The van der Waals surface area contributed by atoms with Crippen LogP contribution in [0, 0.1) is 0 Å². The number of piperazine rings is 1. The van der Waals surface area contributed by atoms with Gasteiger partial charge in [-0.1, -0.05) is 11.6 Å². The second-order valence-corrected chi connectivity index (χ2v) is 5.76. The van der Waals surface area contributed by atoms with Crippen LogP contribution < -0.4 is 5.32 Å². The Balaban J connectivity index is 0.00000288. The third kappa shape index (κ3) is 7.02. The molecule has 1 aliphatic heterocycles. The minimum atomic E-state index is -4.63. The number of hydrogen-bond donors (Lipinski definition) is 1. The zero-order valence-electron chi connectivity index (χ0n) is 12.8. The summed E-state index contributed by atoms with van der Waals surface area (Å²) in [6.45, 7) is 1.58. The predicted octanol–water partition coefficient (Wildman–Crippen LogP) is 5.10. The average Bonchev–Trinajstić information content (AvgIpc) is 2.44. The third-order valence-electron chi connectivity index (χ3n) is 3.70. The molecule has 1 saturated heterocycles. The van der Waals surface area contributed by atoms with Crippen molar-refractivity contribution >= 4 is 36.4 Å². The lowest BCUT2D eigenvalue weighted by molar-refractivity contribution is -0.148. The summed E-state index contributed by atoms with van der Waals surface area (Å²) in [5, 5.41) is 2.91. The molecule has 0 amide bonds. The quantitative estimate of drug-likeness (QED) is 0.667. The molecular formula is C14H17Cl3F6N2. The molecule has 0 aromatic heterocycles. The number of benzene rings is 1. The maximum Gasteiger partial charge on any atom is 0.416 e. The van der Waals surface area contributed by atoms with E-state index in [0.29, 0.717) is 26.2 Å². The summed E-state index contributed by atoms with van der Waals surface area (Å²) < 4.78 is 77.3. The zero-order valence-corrected chi connectivity index (χ0v) is 15.1. The topological polar surface area (TPSA) is 15.3 Å². The van der Waals surface area contributed by atoms with Gasteiger partial charge in [0.05, 0.1) is 12.0 Å². The van der Waals surface area contributed by atoms with Crippen molar-refractivity contribution in [2.45, 2.75) is 24.8 Å². The molecule has 0 unspecified atom stereocenters. The summed E-state index contributed by atoms with van der Waals surface area (Å²) in [6, 6.07) is 1.27. The highest BCUT2D eigenvalue weighted by atomic mass is 35.5. The molecule has 0 saturated carbocycles. The Labute approximate surface area is 158 Å². The van der Waals surface area contributed by atoms with Gasteiger partial charge in [0.25, 0.3) is 0 Å². The van der Waals surface area contributed by atoms with Crippen LogP contribution in [-0.2, 0) is 6.18 Å². The fraction of sp³-hybridized carbons (Fsp3) is 0.571. The number of halogens is 9. The summed E-state index contributed by atoms with van der Waals surface area (Å²) in [4.78, 5) is 1.52. The summed E-state index contributed by atoms with van der Waals surface area (Å²) in [5.41, 5.74) is -1.14. The van der Waals surface area contributed by atoms with Crippen molar-refractivity contribution in [3.05, 3.63) is 34.3 Å². The van der Waals surface area contributed by atoms with Crippen LogP contribution in [-0.4, -0.2) is 37.3 Å². The lowest BCUT2D eigenvalue weighted by Crippen LogP contribution is -2.46. The lowest BCUT2D eigenvalue weighted by atomic mass is 9.98. The van der Waals surface area contributed by atoms with E-state index in [2.05, 4.69) is 5.32 Å². The summed E-state index contributed by atoms with van der Waals surface area (Å²) in [5.74, 6) is 0. The van der Waals surface area contributed by atoms with Crippen LogP contribution in [0.15, 0.2) is 18.2 Å². The number of hydrogen-bond acceptors (Lipinski definition) is 2. The van der Waals surface area contributed by atoms with Gasteiger partial charge in [-0.2, -0.15) is 26.3 Å². The van der Waals surface area contributed by atoms with Crippen molar-refractivity contribution in [2.24, 2.45) is 0 Å². The summed E-state index contributed by atoms with van der Waals surface area (Å²) >= 11 is 5.91. The number of alkyl halides is 6. The molecule has 2 nitrogen and oxygen atoms in total. The molecule has 0 aliphatic carbocycles. The van der Waals surface area contributed by atoms with E-state index < -0.39 is 30.4 Å². The Kier molecular flexibility index (Phi) is 9.35. The molecule has 0 bridgehead atoms. The summed E-state index contributed by atoms with van der Waals surface area (Å²) in [7, 11) is 0. The monoisotopic (exact) mass is 432 g/mol. The normalized spacial score (nSPS) is 17.4. The fourth-order valence-corrected chi connectivity index (χ4v) is 2.87. The highest BCUT2D eigenvalue weighted by Crippen LogP contribution is 2.40. The van der Waals surface area contributed by atoms with Crippen molar-refractivity contribution in [1.82, 2.24) is 10.2 Å². The lowest BCUT2D eigenvalue weighted by Gasteiger charge is -2.36. The van der Waals surface area contributed by atoms with Crippen LogP contribution >= 0.6 is 36.4 Å². The van der Waals surface area contributed by atoms with Gasteiger partial charge in [-0.3, -0.25) is 4.90 Å². The van der Waals surface area contributed by atoms with Crippen molar-refractivity contribution in [1.29, 1.82) is 0 Å². The molecule has 1 atom stereocenters. The molecule has 25 heavy (non-hydrogen) atoms. The highest BCUT2D eigenvalue weighted by Gasteiger charge is 2.38. The molecule has 1 N–H and O–H groups in total. The Bertz CT molecular complexity index is 544. The van der Waals surface area contributed by atoms with Crippen molar-refractivity contribution < 1.29 is 26.3 Å². The van der Waals surface area contributed by atoms with Gasteiger partial charge in [0.15, 0.2) is 0 Å². The first kappa shape index (κ1) is 24.6. The smallest absolute Gasteiger partial charge is 0.314 e. The van der Waals surface area contributed by atoms with Crippen LogP contribution in [0.25, 0.3) is 0 Å². The van der Waals surface area contributed by atoms with E-state index in [1.54, 1.807) is 0 Å². The predicted molar refractivity (Wildman–Crippen MR) is 88.8 cm³/mol. The minimum absolute atomic E-state index is 0. The van der Waals surface area contributed by atoms with Gasteiger partial charge in [-0.25, -0.2) is 0 Å². The molecule has 2 rings (SSSR count). The Morgan fingerprint density at radius 1 is 1.04 bits per heavy atom. The van der Waals surface area contributed by atoms with E-state index >= 15 is 0 Å². The average molecular weight is 434 g/mol. The Hall–Kier alpha value is -0.410. The van der Waals surface area contributed by atoms with Crippen molar-refractivity contribution in [3.8, 4) is 0 Å². The molecule has 0 spiro atoms. The van der Waals surface area contributed by atoms with Gasteiger partial charge < -0.3 is 5.32 Å². The second kappa shape index (κ2) is 9.50. The van der Waals surface area contributed by atoms with Gasteiger partial charge in [-0.05, 0) is 23.8 Å². The van der Waals surface area contributed by atoms with Crippen molar-refractivity contribution in [2.75, 3.05) is 26.2 Å². The second-order valence-electron chi connectivity index (χ2n) is 5.36. The number of rotatable bonds is 3.